The number of likely N-dealkylation sites (N-methyl/N-ethyl adjacent to an activating group) is 1. The van der Waals surface area contributed by atoms with E-state index in [1.807, 2.05) is 6.92 Å². The molecule has 1 heterocycles. The molecule has 2 aromatic rings. The lowest BCUT2D eigenvalue weighted by Gasteiger charge is -2.34. The summed E-state index contributed by atoms with van der Waals surface area (Å²) in [6, 6.07) is 12.7. The van der Waals surface area contributed by atoms with Crippen molar-refractivity contribution in [2.24, 2.45) is 0 Å². The van der Waals surface area contributed by atoms with Crippen LogP contribution in [0.1, 0.15) is 6.92 Å². The number of carbonyl (C=O) groups is 2. The fraction of sp³-hybridized carbons (Fsp3) is 0.333. The molecule has 0 unspecified atom stereocenters. The first-order chi connectivity index (χ1) is 14.8. The number of amides is 1. The predicted octanol–water partition coefficient (Wildman–Crippen LogP) is 1.67. The minimum atomic E-state index is -3.91. The van der Waals surface area contributed by atoms with Crippen molar-refractivity contribution in [3.63, 3.8) is 0 Å². The van der Waals surface area contributed by atoms with Crippen LogP contribution in [0.5, 0.6) is 11.5 Å². The lowest BCUT2D eigenvalue weighted by atomic mass is 10.2. The molecule has 1 aliphatic rings. The van der Waals surface area contributed by atoms with Gasteiger partial charge in [-0.25, -0.2) is 13.2 Å². The third kappa shape index (κ3) is 4.80. The topological polar surface area (TPSA) is 102 Å². The smallest absolute Gasteiger partial charge is 0.348 e. The Hall–Kier alpha value is -3.11. The van der Waals surface area contributed by atoms with Crippen molar-refractivity contribution in [2.45, 2.75) is 17.9 Å². The third-order valence-corrected chi connectivity index (χ3v) is 6.56. The van der Waals surface area contributed by atoms with Crippen LogP contribution in [0.25, 0.3) is 0 Å². The Bertz CT molecular complexity index is 1050. The van der Waals surface area contributed by atoms with Crippen molar-refractivity contribution in [3.8, 4) is 11.5 Å². The Kier molecular flexibility index (Phi) is 6.81. The van der Waals surface area contributed by atoms with Gasteiger partial charge < -0.3 is 19.1 Å². The summed E-state index contributed by atoms with van der Waals surface area (Å²) < 4.78 is 42.5. The van der Waals surface area contributed by atoms with Crippen LogP contribution in [0.15, 0.2) is 53.4 Å². The Balaban J connectivity index is 1.80. The van der Waals surface area contributed by atoms with Gasteiger partial charge in [0, 0.05) is 7.05 Å². The highest BCUT2D eigenvalue weighted by Gasteiger charge is 2.35. The second-order valence-electron chi connectivity index (χ2n) is 6.77. The fourth-order valence-electron chi connectivity index (χ4n) is 3.14. The minimum absolute atomic E-state index is 0.0427. The van der Waals surface area contributed by atoms with Gasteiger partial charge in [-0.05, 0) is 43.3 Å². The quantitative estimate of drug-likeness (QED) is 0.594. The summed E-state index contributed by atoms with van der Waals surface area (Å²) in [6.07, 6.45) is -1.00. The Labute approximate surface area is 181 Å². The van der Waals surface area contributed by atoms with E-state index in [0.29, 0.717) is 23.8 Å². The van der Waals surface area contributed by atoms with Crippen LogP contribution >= 0.6 is 0 Å². The van der Waals surface area contributed by atoms with E-state index in [2.05, 4.69) is 0 Å². The number of anilines is 1. The van der Waals surface area contributed by atoms with Gasteiger partial charge in [-0.1, -0.05) is 12.1 Å². The summed E-state index contributed by atoms with van der Waals surface area (Å²) in [7, 11) is -1.35. The largest absolute Gasteiger partial charge is 0.494 e. The standard InChI is InChI=1S/C21H24N2O7S/c1-4-29-15-9-11-16(12-10-15)31(26,27)22(2)14-20(24)23-13-19(21(25)28-3)30-18-8-6-5-7-17(18)23/h5-12,19H,4,13-14H2,1-3H3/t19-/m0/s1. The van der Waals surface area contributed by atoms with Gasteiger partial charge >= 0.3 is 5.97 Å². The summed E-state index contributed by atoms with van der Waals surface area (Å²) in [5.41, 5.74) is 0.458. The second-order valence-corrected chi connectivity index (χ2v) is 8.81. The lowest BCUT2D eigenvalue weighted by molar-refractivity contribution is -0.148. The zero-order valence-corrected chi connectivity index (χ0v) is 18.3. The average Bonchev–Trinajstić information content (AvgIpc) is 2.78. The molecule has 3 rings (SSSR count). The van der Waals surface area contributed by atoms with Gasteiger partial charge in [-0.3, -0.25) is 4.79 Å². The van der Waals surface area contributed by atoms with Crippen LogP contribution in [-0.2, 0) is 24.3 Å². The number of hydrogen-bond donors (Lipinski definition) is 0. The number of esters is 1. The van der Waals surface area contributed by atoms with E-state index < -0.39 is 34.5 Å². The van der Waals surface area contributed by atoms with Crippen molar-refractivity contribution in [2.75, 3.05) is 38.8 Å². The molecule has 2 aromatic carbocycles. The van der Waals surface area contributed by atoms with E-state index in [9.17, 15) is 18.0 Å². The number of para-hydroxylation sites is 2. The first-order valence-corrected chi connectivity index (χ1v) is 11.0. The molecule has 10 heteroatoms. The fourth-order valence-corrected chi connectivity index (χ4v) is 4.26. The molecule has 0 radical (unpaired) electrons. The molecule has 0 aromatic heterocycles. The monoisotopic (exact) mass is 448 g/mol. The number of sulfonamides is 1. The molecule has 0 bridgehead atoms. The summed E-state index contributed by atoms with van der Waals surface area (Å²) in [6.45, 7) is 1.80. The number of fused-ring (bicyclic) bond motifs is 1. The molecular weight excluding hydrogens is 424 g/mol. The molecule has 9 nitrogen and oxygen atoms in total. The van der Waals surface area contributed by atoms with Crippen LogP contribution in [0.4, 0.5) is 5.69 Å². The zero-order valence-electron chi connectivity index (χ0n) is 17.5. The molecule has 0 fully saturated rings. The van der Waals surface area contributed by atoms with Gasteiger partial charge in [-0.15, -0.1) is 0 Å². The summed E-state index contributed by atoms with van der Waals surface area (Å²) >= 11 is 0. The third-order valence-electron chi connectivity index (χ3n) is 4.74. The van der Waals surface area contributed by atoms with Crippen LogP contribution in [0.2, 0.25) is 0 Å². The van der Waals surface area contributed by atoms with Crippen molar-refractivity contribution in [3.05, 3.63) is 48.5 Å². The molecule has 0 spiro atoms. The number of carbonyl (C=O) groups excluding carboxylic acids is 2. The maximum Gasteiger partial charge on any atom is 0.348 e. The van der Waals surface area contributed by atoms with Gasteiger partial charge in [0.1, 0.15) is 11.5 Å². The van der Waals surface area contributed by atoms with E-state index >= 15 is 0 Å². The number of rotatable bonds is 7. The highest BCUT2D eigenvalue weighted by atomic mass is 32.2. The van der Waals surface area contributed by atoms with E-state index in [1.54, 1.807) is 36.4 Å². The highest BCUT2D eigenvalue weighted by Crippen LogP contribution is 2.33. The normalized spacial score (nSPS) is 15.7. The Morgan fingerprint density at radius 1 is 1.16 bits per heavy atom. The predicted molar refractivity (Wildman–Crippen MR) is 113 cm³/mol. The molecule has 1 atom stereocenters. The first kappa shape index (κ1) is 22.6. The zero-order chi connectivity index (χ0) is 22.6. The molecule has 0 saturated heterocycles. The van der Waals surface area contributed by atoms with Crippen molar-refractivity contribution in [1.82, 2.24) is 4.31 Å². The SMILES string of the molecule is CCOc1ccc(S(=O)(=O)N(C)CC(=O)N2C[C@@H](C(=O)OC)Oc3ccccc32)cc1. The molecule has 31 heavy (non-hydrogen) atoms. The van der Waals surface area contributed by atoms with Gasteiger partial charge in [0.05, 0.1) is 37.4 Å². The number of ether oxygens (including phenoxy) is 3. The Morgan fingerprint density at radius 2 is 1.84 bits per heavy atom. The molecule has 0 saturated carbocycles. The van der Waals surface area contributed by atoms with E-state index in [4.69, 9.17) is 14.2 Å². The van der Waals surface area contributed by atoms with Crippen LogP contribution < -0.4 is 14.4 Å². The number of methoxy groups -OCH3 is 1. The molecule has 0 N–H and O–H groups in total. The second kappa shape index (κ2) is 9.36. The van der Waals surface area contributed by atoms with E-state index in [-0.39, 0.29) is 11.4 Å². The summed E-state index contributed by atoms with van der Waals surface area (Å²) in [5.74, 6) is -0.224. The lowest BCUT2D eigenvalue weighted by Crippen LogP contribution is -2.50. The van der Waals surface area contributed by atoms with Crippen LogP contribution in [-0.4, -0.2) is 64.6 Å². The first-order valence-electron chi connectivity index (χ1n) is 9.61. The van der Waals surface area contributed by atoms with Gasteiger partial charge in [0.2, 0.25) is 22.0 Å². The Morgan fingerprint density at radius 3 is 2.48 bits per heavy atom. The number of nitrogens with zero attached hydrogens (tertiary/aromatic N) is 2. The molecule has 1 amide bonds. The van der Waals surface area contributed by atoms with Crippen molar-refractivity contribution < 1.29 is 32.2 Å². The maximum atomic E-state index is 13.0. The van der Waals surface area contributed by atoms with Crippen LogP contribution in [0, 0.1) is 0 Å². The summed E-state index contributed by atoms with van der Waals surface area (Å²) in [4.78, 5) is 26.4. The number of hydrogen-bond acceptors (Lipinski definition) is 7. The molecule has 1 aliphatic heterocycles. The van der Waals surface area contributed by atoms with Gasteiger partial charge in [-0.2, -0.15) is 4.31 Å². The van der Waals surface area contributed by atoms with Gasteiger partial charge in [0.25, 0.3) is 0 Å². The van der Waals surface area contributed by atoms with E-state index in [1.165, 1.54) is 31.2 Å². The highest BCUT2D eigenvalue weighted by molar-refractivity contribution is 7.89. The van der Waals surface area contributed by atoms with Crippen LogP contribution in [0.3, 0.4) is 0 Å². The van der Waals surface area contributed by atoms with Crippen molar-refractivity contribution in [1.29, 1.82) is 0 Å². The minimum Gasteiger partial charge on any atom is -0.494 e. The molecule has 0 aliphatic carbocycles. The summed E-state index contributed by atoms with van der Waals surface area (Å²) in [5, 5.41) is 0. The van der Waals surface area contributed by atoms with E-state index in [0.717, 1.165) is 4.31 Å². The molecular formula is C21H24N2O7S. The molecule has 166 valence electrons. The average molecular weight is 448 g/mol. The van der Waals surface area contributed by atoms with Crippen molar-refractivity contribution >= 4 is 27.6 Å². The number of benzene rings is 2. The van der Waals surface area contributed by atoms with Gasteiger partial charge in [0.15, 0.2) is 0 Å². The maximum absolute atomic E-state index is 13.0.